The predicted octanol–water partition coefficient (Wildman–Crippen LogP) is 0.729. The molecule has 0 bridgehead atoms. The first-order valence-corrected chi connectivity index (χ1v) is 11.3. The van der Waals surface area contributed by atoms with E-state index in [0.717, 1.165) is 25.7 Å². The van der Waals surface area contributed by atoms with Gasteiger partial charge in [0.1, 0.15) is 5.54 Å². The number of carbonyl (C=O) groups is 4. The molecule has 9 heteroatoms. The number of ether oxygens (including phenoxy) is 1. The fourth-order valence-corrected chi connectivity index (χ4v) is 5.19. The topological polar surface area (TPSA) is 99.3 Å². The molecule has 1 atom stereocenters. The first-order valence-electron chi connectivity index (χ1n) is 11.3. The maximum atomic E-state index is 12.7. The van der Waals surface area contributed by atoms with Gasteiger partial charge in [-0.2, -0.15) is 0 Å². The smallest absolute Gasteiger partial charge is 0.325 e. The van der Waals surface area contributed by atoms with Gasteiger partial charge in [-0.25, -0.2) is 4.79 Å². The molecule has 4 rings (SSSR count). The fraction of sp³-hybridized carbons (Fsp3) is 0.810. The van der Waals surface area contributed by atoms with E-state index in [-0.39, 0.29) is 42.6 Å². The number of hydrogen-bond acceptors (Lipinski definition) is 5. The van der Waals surface area contributed by atoms with Crippen LogP contribution in [0.3, 0.4) is 0 Å². The van der Waals surface area contributed by atoms with Gasteiger partial charge in [-0.15, -0.1) is 0 Å². The Morgan fingerprint density at radius 1 is 1.03 bits per heavy atom. The molecule has 166 valence electrons. The summed E-state index contributed by atoms with van der Waals surface area (Å²) in [5.74, 6) is -0.158. The summed E-state index contributed by atoms with van der Waals surface area (Å²) in [6, 6.07) is -0.330. The average Bonchev–Trinajstić information content (AvgIpc) is 3.34. The first-order chi connectivity index (χ1) is 14.5. The van der Waals surface area contributed by atoms with Crippen LogP contribution in [0.2, 0.25) is 0 Å². The summed E-state index contributed by atoms with van der Waals surface area (Å²) >= 11 is 0. The maximum absolute atomic E-state index is 12.7. The molecule has 30 heavy (non-hydrogen) atoms. The zero-order valence-corrected chi connectivity index (χ0v) is 17.6. The molecule has 1 unspecified atom stereocenters. The molecule has 0 aromatic carbocycles. The van der Waals surface area contributed by atoms with Crippen molar-refractivity contribution in [3.63, 3.8) is 0 Å². The van der Waals surface area contributed by atoms with E-state index >= 15 is 0 Å². The molecule has 1 saturated carbocycles. The van der Waals surface area contributed by atoms with Gasteiger partial charge < -0.3 is 19.9 Å². The predicted molar refractivity (Wildman–Crippen MR) is 107 cm³/mol. The minimum absolute atomic E-state index is 0.00267. The number of piperidine rings is 1. The number of nitrogens with zero attached hydrogens (tertiary/aromatic N) is 3. The summed E-state index contributed by atoms with van der Waals surface area (Å²) in [7, 11) is 0. The van der Waals surface area contributed by atoms with Crippen LogP contribution < -0.4 is 5.32 Å². The minimum atomic E-state index is -0.693. The van der Waals surface area contributed by atoms with E-state index in [1.807, 2.05) is 4.90 Å². The van der Waals surface area contributed by atoms with Gasteiger partial charge in [0.05, 0.1) is 19.1 Å². The number of nitrogens with one attached hydrogen (secondary N) is 1. The molecule has 1 spiro atoms. The lowest BCUT2D eigenvalue weighted by atomic mass is 9.96. The highest BCUT2D eigenvalue weighted by molar-refractivity contribution is 6.07. The van der Waals surface area contributed by atoms with Crippen LogP contribution in [0.25, 0.3) is 0 Å². The van der Waals surface area contributed by atoms with E-state index in [9.17, 15) is 19.2 Å². The lowest BCUT2D eigenvalue weighted by Gasteiger charge is -2.36. The van der Waals surface area contributed by atoms with Crippen LogP contribution in [0.1, 0.15) is 51.4 Å². The lowest BCUT2D eigenvalue weighted by molar-refractivity contribution is -0.144. The number of amides is 5. The highest BCUT2D eigenvalue weighted by atomic mass is 16.5. The average molecular weight is 421 g/mol. The standard InChI is InChI=1S/C21H32N4O5/c26-17(6-4-10-25-19(28)21(22-20(25)29)7-1-2-8-21)24-9-3-5-16(15-24)18(27)23-11-13-30-14-12-23/h16H,1-15H2,(H,22,29). The zero-order valence-electron chi connectivity index (χ0n) is 17.6. The Morgan fingerprint density at radius 3 is 2.50 bits per heavy atom. The number of hydrogen-bond donors (Lipinski definition) is 1. The fourth-order valence-electron chi connectivity index (χ4n) is 5.19. The quantitative estimate of drug-likeness (QED) is 0.661. The molecular weight excluding hydrogens is 388 g/mol. The van der Waals surface area contributed by atoms with Crippen LogP contribution in [0.4, 0.5) is 4.79 Å². The van der Waals surface area contributed by atoms with Crippen molar-refractivity contribution in [1.82, 2.24) is 20.0 Å². The second kappa shape index (κ2) is 8.91. The van der Waals surface area contributed by atoms with Gasteiger partial charge in [0.25, 0.3) is 5.91 Å². The van der Waals surface area contributed by atoms with E-state index in [1.165, 1.54) is 4.90 Å². The Hall–Kier alpha value is -2.16. The van der Waals surface area contributed by atoms with Crippen molar-refractivity contribution in [2.45, 2.75) is 56.9 Å². The van der Waals surface area contributed by atoms with Crippen LogP contribution in [0, 0.1) is 5.92 Å². The van der Waals surface area contributed by atoms with Crippen molar-refractivity contribution in [2.75, 3.05) is 45.9 Å². The second-order valence-electron chi connectivity index (χ2n) is 8.90. The van der Waals surface area contributed by atoms with Crippen LogP contribution >= 0.6 is 0 Å². The van der Waals surface area contributed by atoms with Gasteiger partial charge in [0.2, 0.25) is 11.8 Å². The van der Waals surface area contributed by atoms with Crippen molar-refractivity contribution in [3.05, 3.63) is 0 Å². The van der Waals surface area contributed by atoms with Crippen molar-refractivity contribution >= 4 is 23.8 Å². The monoisotopic (exact) mass is 420 g/mol. The molecule has 3 heterocycles. The number of urea groups is 1. The Balaban J connectivity index is 1.24. The van der Waals surface area contributed by atoms with Crippen molar-refractivity contribution in [3.8, 4) is 0 Å². The third-order valence-electron chi connectivity index (χ3n) is 6.92. The summed E-state index contributed by atoms with van der Waals surface area (Å²) in [6.45, 7) is 3.78. The van der Waals surface area contributed by atoms with Crippen molar-refractivity contribution in [1.29, 1.82) is 0 Å². The van der Waals surface area contributed by atoms with E-state index in [1.54, 1.807) is 4.90 Å². The summed E-state index contributed by atoms with van der Waals surface area (Å²) < 4.78 is 5.31. The summed E-state index contributed by atoms with van der Waals surface area (Å²) in [4.78, 5) is 55.3. The van der Waals surface area contributed by atoms with Crippen LogP contribution in [0.5, 0.6) is 0 Å². The normalized spacial score (nSPS) is 26.4. The molecule has 0 radical (unpaired) electrons. The second-order valence-corrected chi connectivity index (χ2v) is 8.90. The van der Waals surface area contributed by atoms with Gasteiger partial charge in [-0.1, -0.05) is 12.8 Å². The van der Waals surface area contributed by atoms with E-state index < -0.39 is 5.54 Å². The SMILES string of the molecule is O=C(CCCN1C(=O)NC2(CCCC2)C1=O)N1CCCC(C(=O)N2CCOCC2)C1. The van der Waals surface area contributed by atoms with Crippen LogP contribution in [0.15, 0.2) is 0 Å². The van der Waals surface area contributed by atoms with Gasteiger partial charge in [0, 0.05) is 39.1 Å². The van der Waals surface area contributed by atoms with Crippen LogP contribution in [-0.2, 0) is 19.1 Å². The van der Waals surface area contributed by atoms with Crippen molar-refractivity contribution in [2.24, 2.45) is 5.92 Å². The maximum Gasteiger partial charge on any atom is 0.325 e. The molecule has 1 aliphatic carbocycles. The van der Waals surface area contributed by atoms with E-state index in [4.69, 9.17) is 4.74 Å². The summed E-state index contributed by atoms with van der Waals surface area (Å²) in [6.07, 6.45) is 5.69. The summed E-state index contributed by atoms with van der Waals surface area (Å²) in [5, 5.41) is 2.87. The molecule has 0 aromatic heterocycles. The summed E-state index contributed by atoms with van der Waals surface area (Å²) in [5.41, 5.74) is -0.693. The van der Waals surface area contributed by atoms with E-state index in [2.05, 4.69) is 5.32 Å². The highest BCUT2D eigenvalue weighted by Gasteiger charge is 2.52. The molecule has 1 N–H and O–H groups in total. The Bertz CT molecular complexity index is 700. The lowest BCUT2D eigenvalue weighted by Crippen LogP contribution is -2.49. The highest BCUT2D eigenvalue weighted by Crippen LogP contribution is 2.35. The van der Waals surface area contributed by atoms with Gasteiger partial charge in [-0.3, -0.25) is 19.3 Å². The Kier molecular flexibility index (Phi) is 6.26. The number of carbonyl (C=O) groups excluding carboxylic acids is 4. The molecule has 3 aliphatic heterocycles. The first kappa shape index (κ1) is 21.1. The minimum Gasteiger partial charge on any atom is -0.378 e. The Morgan fingerprint density at radius 2 is 1.77 bits per heavy atom. The molecule has 3 saturated heterocycles. The van der Waals surface area contributed by atoms with E-state index in [0.29, 0.717) is 58.7 Å². The van der Waals surface area contributed by atoms with Gasteiger partial charge >= 0.3 is 6.03 Å². The molecular formula is C21H32N4O5. The number of morpholine rings is 1. The largest absolute Gasteiger partial charge is 0.378 e. The Labute approximate surface area is 177 Å². The molecule has 4 aliphatic rings. The third kappa shape index (κ3) is 4.17. The third-order valence-corrected chi connectivity index (χ3v) is 6.92. The number of rotatable bonds is 5. The molecule has 0 aromatic rings. The van der Waals surface area contributed by atoms with Crippen molar-refractivity contribution < 1.29 is 23.9 Å². The molecule has 4 fully saturated rings. The van der Waals surface area contributed by atoms with Gasteiger partial charge in [0.15, 0.2) is 0 Å². The zero-order chi connectivity index (χ0) is 21.1. The molecule has 9 nitrogen and oxygen atoms in total. The number of imide groups is 1. The van der Waals surface area contributed by atoms with Crippen LogP contribution in [-0.4, -0.2) is 89.9 Å². The molecule has 5 amide bonds. The van der Waals surface area contributed by atoms with Gasteiger partial charge in [-0.05, 0) is 32.1 Å². The number of likely N-dealkylation sites (tertiary alicyclic amines) is 1.